The fraction of sp³-hybridized carbons (Fsp3) is 0.611. The van der Waals surface area contributed by atoms with Crippen LogP contribution in [-0.4, -0.2) is 44.1 Å². The monoisotopic (exact) mass is 450 g/mol. The van der Waals surface area contributed by atoms with Crippen molar-refractivity contribution in [1.82, 2.24) is 15.5 Å². The molecule has 0 heterocycles. The fourth-order valence-corrected chi connectivity index (χ4v) is 2.16. The van der Waals surface area contributed by atoms with Gasteiger partial charge in [-0.2, -0.15) is 0 Å². The molecule has 0 aliphatic heterocycles. The first-order valence-corrected chi connectivity index (χ1v) is 8.31. The van der Waals surface area contributed by atoms with Crippen LogP contribution in [0.3, 0.4) is 0 Å². The van der Waals surface area contributed by atoms with Gasteiger partial charge in [0.25, 0.3) is 0 Å². The van der Waals surface area contributed by atoms with Crippen LogP contribution in [0.4, 0.5) is 4.39 Å². The number of likely N-dealkylation sites (N-methyl/N-ethyl adjacent to an activating group) is 1. The number of guanidine groups is 1. The Morgan fingerprint density at radius 2 is 1.92 bits per heavy atom. The van der Waals surface area contributed by atoms with Gasteiger partial charge in [-0.1, -0.05) is 26.0 Å². The van der Waals surface area contributed by atoms with Gasteiger partial charge in [-0.25, -0.2) is 4.39 Å². The van der Waals surface area contributed by atoms with E-state index in [2.05, 4.69) is 36.3 Å². The van der Waals surface area contributed by atoms with Gasteiger partial charge in [0.05, 0.1) is 12.6 Å². The smallest absolute Gasteiger partial charge is 0.191 e. The van der Waals surface area contributed by atoms with Gasteiger partial charge in [-0.3, -0.25) is 4.99 Å². The molecule has 1 rings (SSSR count). The second-order valence-electron chi connectivity index (χ2n) is 6.43. The Morgan fingerprint density at radius 1 is 1.25 bits per heavy atom. The molecule has 0 aliphatic carbocycles. The summed E-state index contributed by atoms with van der Waals surface area (Å²) in [7, 11) is 3.98. The van der Waals surface area contributed by atoms with Gasteiger partial charge < -0.3 is 15.5 Å². The molecule has 2 unspecified atom stereocenters. The van der Waals surface area contributed by atoms with Gasteiger partial charge in [0.15, 0.2) is 5.96 Å². The standard InChI is InChI=1S/C18H31FN4.HI/c1-7-20-18(22-14(4)13(2)3)21-12-17(23(5)6)15-9-8-10-16(19)11-15;/h8-11,13-14,17H,7,12H2,1-6H3,(H2,20,21,22);1H. The van der Waals surface area contributed by atoms with Crippen molar-refractivity contribution < 1.29 is 4.39 Å². The summed E-state index contributed by atoms with van der Waals surface area (Å²) in [5.74, 6) is 1.11. The molecule has 4 nitrogen and oxygen atoms in total. The maximum absolute atomic E-state index is 13.5. The van der Waals surface area contributed by atoms with Gasteiger partial charge in [-0.05, 0) is 51.6 Å². The molecule has 0 aliphatic rings. The van der Waals surface area contributed by atoms with E-state index in [1.165, 1.54) is 6.07 Å². The summed E-state index contributed by atoms with van der Waals surface area (Å²) in [6.45, 7) is 9.92. The first-order chi connectivity index (χ1) is 10.8. The second kappa shape index (κ2) is 11.6. The lowest BCUT2D eigenvalue weighted by atomic mass is 10.1. The maximum Gasteiger partial charge on any atom is 0.191 e. The number of benzene rings is 1. The predicted octanol–water partition coefficient (Wildman–Crippen LogP) is 3.65. The molecule has 1 aromatic rings. The molecule has 0 bridgehead atoms. The zero-order chi connectivity index (χ0) is 17.4. The van der Waals surface area contributed by atoms with Crippen LogP contribution in [0.15, 0.2) is 29.3 Å². The van der Waals surface area contributed by atoms with Crippen LogP contribution >= 0.6 is 24.0 Å². The van der Waals surface area contributed by atoms with Crippen LogP contribution in [0.5, 0.6) is 0 Å². The highest BCUT2D eigenvalue weighted by Crippen LogP contribution is 2.19. The van der Waals surface area contributed by atoms with Crippen LogP contribution in [0.2, 0.25) is 0 Å². The van der Waals surface area contributed by atoms with Crippen molar-refractivity contribution in [3.63, 3.8) is 0 Å². The molecule has 6 heteroatoms. The number of aliphatic imine (C=N–C) groups is 1. The topological polar surface area (TPSA) is 39.7 Å². The largest absolute Gasteiger partial charge is 0.357 e. The molecule has 1 aromatic carbocycles. The normalized spacial score (nSPS) is 14.3. The molecule has 0 radical (unpaired) electrons. The van der Waals surface area contributed by atoms with Crippen LogP contribution in [0, 0.1) is 11.7 Å². The molecule has 0 saturated carbocycles. The molecule has 0 amide bonds. The third-order valence-electron chi connectivity index (χ3n) is 3.99. The number of halogens is 2. The van der Waals surface area contributed by atoms with Crippen molar-refractivity contribution >= 4 is 29.9 Å². The van der Waals surface area contributed by atoms with E-state index in [-0.39, 0.29) is 35.8 Å². The fourth-order valence-electron chi connectivity index (χ4n) is 2.16. The predicted molar refractivity (Wildman–Crippen MR) is 112 cm³/mol. The van der Waals surface area contributed by atoms with Gasteiger partial charge in [-0.15, -0.1) is 24.0 Å². The van der Waals surface area contributed by atoms with Crippen LogP contribution in [0.25, 0.3) is 0 Å². The minimum atomic E-state index is -0.211. The Kier molecular flexibility index (Phi) is 11.2. The molecule has 2 N–H and O–H groups in total. The highest BCUT2D eigenvalue weighted by Gasteiger charge is 2.15. The van der Waals surface area contributed by atoms with E-state index in [1.807, 2.05) is 27.1 Å². The summed E-state index contributed by atoms with van der Waals surface area (Å²) in [5, 5.41) is 6.69. The van der Waals surface area contributed by atoms with E-state index < -0.39 is 0 Å². The third kappa shape index (κ3) is 7.79. The Morgan fingerprint density at radius 3 is 2.42 bits per heavy atom. The van der Waals surface area contributed by atoms with Crippen molar-refractivity contribution in [2.45, 2.75) is 39.8 Å². The average Bonchev–Trinajstić information content (AvgIpc) is 2.47. The molecule has 0 spiro atoms. The van der Waals surface area contributed by atoms with Crippen molar-refractivity contribution in [3.05, 3.63) is 35.6 Å². The summed E-state index contributed by atoms with van der Waals surface area (Å²) >= 11 is 0. The number of nitrogens with zero attached hydrogens (tertiary/aromatic N) is 2. The second-order valence-corrected chi connectivity index (χ2v) is 6.43. The molecule has 0 saturated heterocycles. The Balaban J connectivity index is 0.00000529. The molecule has 24 heavy (non-hydrogen) atoms. The molecular formula is C18H32FIN4. The lowest BCUT2D eigenvalue weighted by Gasteiger charge is -2.25. The Bertz CT molecular complexity index is 506. The Labute approximate surface area is 163 Å². The van der Waals surface area contributed by atoms with Crippen molar-refractivity contribution in [3.8, 4) is 0 Å². The zero-order valence-electron chi connectivity index (χ0n) is 15.6. The van der Waals surface area contributed by atoms with Crippen molar-refractivity contribution in [1.29, 1.82) is 0 Å². The van der Waals surface area contributed by atoms with Crippen molar-refractivity contribution in [2.75, 3.05) is 27.2 Å². The highest BCUT2D eigenvalue weighted by atomic mass is 127. The molecule has 0 fully saturated rings. The number of rotatable bonds is 7. The Hall–Kier alpha value is -0.890. The minimum absolute atomic E-state index is 0. The maximum atomic E-state index is 13.5. The average molecular weight is 450 g/mol. The summed E-state index contributed by atoms with van der Waals surface area (Å²) in [6, 6.07) is 7.11. The van der Waals surface area contributed by atoms with E-state index in [0.717, 1.165) is 18.1 Å². The summed E-state index contributed by atoms with van der Waals surface area (Å²) in [5.41, 5.74) is 0.937. The van der Waals surface area contributed by atoms with Crippen LogP contribution in [0.1, 0.15) is 39.3 Å². The van der Waals surface area contributed by atoms with E-state index >= 15 is 0 Å². The molecule has 138 valence electrons. The number of hydrogen-bond donors (Lipinski definition) is 2. The molecule has 2 atom stereocenters. The third-order valence-corrected chi connectivity index (χ3v) is 3.99. The summed E-state index contributed by atoms with van der Waals surface area (Å²) in [6.07, 6.45) is 0. The van der Waals surface area contributed by atoms with Gasteiger partial charge in [0.2, 0.25) is 0 Å². The first kappa shape index (κ1) is 23.1. The molecule has 0 aromatic heterocycles. The quantitative estimate of drug-likeness (QED) is 0.379. The van der Waals surface area contributed by atoms with E-state index in [0.29, 0.717) is 18.5 Å². The van der Waals surface area contributed by atoms with E-state index in [4.69, 9.17) is 4.99 Å². The van der Waals surface area contributed by atoms with Crippen LogP contribution < -0.4 is 10.6 Å². The van der Waals surface area contributed by atoms with E-state index in [9.17, 15) is 4.39 Å². The van der Waals surface area contributed by atoms with Gasteiger partial charge in [0, 0.05) is 12.6 Å². The summed E-state index contributed by atoms with van der Waals surface area (Å²) in [4.78, 5) is 6.76. The molecular weight excluding hydrogens is 418 g/mol. The van der Waals surface area contributed by atoms with Crippen LogP contribution in [-0.2, 0) is 0 Å². The van der Waals surface area contributed by atoms with Crippen molar-refractivity contribution in [2.24, 2.45) is 10.9 Å². The number of nitrogens with one attached hydrogen (secondary N) is 2. The zero-order valence-corrected chi connectivity index (χ0v) is 18.0. The highest BCUT2D eigenvalue weighted by molar-refractivity contribution is 14.0. The SMILES string of the molecule is CCNC(=NCC(c1cccc(F)c1)N(C)C)NC(C)C(C)C.I. The lowest BCUT2D eigenvalue weighted by molar-refractivity contribution is 0.305. The van der Waals surface area contributed by atoms with Gasteiger partial charge >= 0.3 is 0 Å². The van der Waals surface area contributed by atoms with E-state index in [1.54, 1.807) is 12.1 Å². The lowest BCUT2D eigenvalue weighted by Crippen LogP contribution is -2.44. The minimum Gasteiger partial charge on any atom is -0.357 e. The number of hydrogen-bond acceptors (Lipinski definition) is 2. The van der Waals surface area contributed by atoms with Gasteiger partial charge in [0.1, 0.15) is 5.82 Å². The first-order valence-electron chi connectivity index (χ1n) is 8.31. The summed E-state index contributed by atoms with van der Waals surface area (Å²) < 4.78 is 13.5.